The molecule has 4 rings (SSSR count). The fourth-order valence-electron chi connectivity index (χ4n) is 3.93. The summed E-state index contributed by atoms with van der Waals surface area (Å²) >= 11 is 0. The van der Waals surface area contributed by atoms with Gasteiger partial charge in [-0.25, -0.2) is 9.92 Å². The van der Waals surface area contributed by atoms with Gasteiger partial charge in [0, 0.05) is 34.3 Å². The fourth-order valence-corrected chi connectivity index (χ4v) is 3.93. The summed E-state index contributed by atoms with van der Waals surface area (Å²) in [4.78, 5) is 30.1. The third-order valence-electron chi connectivity index (χ3n) is 5.84. The predicted octanol–water partition coefficient (Wildman–Crippen LogP) is 4.63. The van der Waals surface area contributed by atoms with E-state index in [1.165, 1.54) is 30.5 Å². The summed E-state index contributed by atoms with van der Waals surface area (Å²) in [5.41, 5.74) is 9.16. The van der Waals surface area contributed by atoms with Crippen LogP contribution < -0.4 is 10.9 Å². The topological polar surface area (TPSA) is 101 Å². The molecule has 1 aliphatic heterocycles. The summed E-state index contributed by atoms with van der Waals surface area (Å²) in [5, 5.41) is 6.97. The highest BCUT2D eigenvalue weighted by Gasteiger charge is 2.24. The van der Waals surface area contributed by atoms with Gasteiger partial charge in [0.2, 0.25) is 0 Å². The minimum atomic E-state index is -0.424. The van der Waals surface area contributed by atoms with Gasteiger partial charge in [-0.15, -0.1) is 0 Å². The molecule has 0 atom stereocenters. The molecule has 0 radical (unpaired) electrons. The number of benzene rings is 2. The van der Waals surface area contributed by atoms with Crippen molar-refractivity contribution < 1.29 is 9.18 Å². The number of carbonyl (C=O) groups excluding carboxylic acids is 1. The number of hydrogen-bond acceptors (Lipinski definition) is 6. The number of Topliss-reactive ketones (excluding diaryl/α,β-unsaturated/α-hetero) is 1. The van der Waals surface area contributed by atoms with Crippen LogP contribution in [0.15, 0.2) is 64.6 Å². The standard InChI is InChI=1S/C24H24FN5O2/c1-30-10-8-16(9-11-30)23(31)15-2-5-19(6-3-15)27-14-22(29-26)20-13-17-12-18(25)4-7-21(17)28-24(20)32/h2-7,12-14,16,26-27H,8-11H2,1H3,(H,28,32)/b22-14-,29-26?. The Hall–Kier alpha value is -3.65. The van der Waals surface area contributed by atoms with E-state index in [0.717, 1.165) is 25.9 Å². The van der Waals surface area contributed by atoms with Gasteiger partial charge in [-0.1, -0.05) is 0 Å². The molecular formula is C24H24FN5O2. The Labute approximate surface area is 184 Å². The third-order valence-corrected chi connectivity index (χ3v) is 5.84. The summed E-state index contributed by atoms with van der Waals surface area (Å²) in [5.74, 6) is -0.197. The van der Waals surface area contributed by atoms with E-state index in [4.69, 9.17) is 5.53 Å². The van der Waals surface area contributed by atoms with Gasteiger partial charge >= 0.3 is 0 Å². The number of halogens is 1. The molecule has 32 heavy (non-hydrogen) atoms. The van der Waals surface area contributed by atoms with Crippen LogP contribution in [0.4, 0.5) is 10.1 Å². The molecule has 3 aromatic rings. The molecule has 8 heteroatoms. The van der Waals surface area contributed by atoms with Crippen LogP contribution in [0.25, 0.3) is 16.6 Å². The molecule has 0 saturated carbocycles. The number of nitrogens with one attached hydrogen (secondary N) is 3. The molecular weight excluding hydrogens is 409 g/mol. The number of fused-ring (bicyclic) bond motifs is 1. The quantitative estimate of drug-likeness (QED) is 0.390. The molecule has 2 aromatic carbocycles. The van der Waals surface area contributed by atoms with E-state index >= 15 is 0 Å². The van der Waals surface area contributed by atoms with Crippen molar-refractivity contribution in [3.8, 4) is 0 Å². The van der Waals surface area contributed by atoms with Crippen molar-refractivity contribution in [1.82, 2.24) is 9.88 Å². The van der Waals surface area contributed by atoms with Crippen molar-refractivity contribution in [2.24, 2.45) is 11.0 Å². The van der Waals surface area contributed by atoms with Crippen molar-refractivity contribution in [2.45, 2.75) is 12.8 Å². The molecule has 0 aliphatic carbocycles. The molecule has 0 amide bonds. The molecule has 2 heterocycles. The van der Waals surface area contributed by atoms with Crippen LogP contribution in [-0.4, -0.2) is 35.8 Å². The Balaban J connectivity index is 1.51. The van der Waals surface area contributed by atoms with Crippen LogP contribution >= 0.6 is 0 Å². The number of likely N-dealkylation sites (tertiary alicyclic amines) is 1. The van der Waals surface area contributed by atoms with E-state index in [1.807, 2.05) is 0 Å². The Morgan fingerprint density at radius 3 is 2.59 bits per heavy atom. The molecule has 1 aromatic heterocycles. The molecule has 164 valence electrons. The van der Waals surface area contributed by atoms with Gasteiger partial charge in [-0.05, 0) is 81.5 Å². The zero-order chi connectivity index (χ0) is 22.7. The first-order chi connectivity index (χ1) is 15.4. The number of anilines is 1. The molecule has 1 fully saturated rings. The second-order valence-electron chi connectivity index (χ2n) is 8.05. The Bertz CT molecular complexity index is 1240. The van der Waals surface area contributed by atoms with Crippen LogP contribution in [-0.2, 0) is 0 Å². The first kappa shape index (κ1) is 21.6. The lowest BCUT2D eigenvalue weighted by Gasteiger charge is -2.28. The number of aromatic nitrogens is 1. The van der Waals surface area contributed by atoms with Crippen LogP contribution in [0, 0.1) is 17.3 Å². The zero-order valence-corrected chi connectivity index (χ0v) is 17.7. The SMILES string of the molecule is CN1CCC(C(=O)c2ccc(N/C=C(\N=N)c3cc4cc(F)ccc4[nH]c3=O)cc2)CC1. The normalized spacial score (nSPS) is 15.6. The Kier molecular flexibility index (Phi) is 6.23. The second kappa shape index (κ2) is 9.23. The summed E-state index contributed by atoms with van der Waals surface area (Å²) in [6.07, 6.45) is 3.18. The maximum Gasteiger partial charge on any atom is 0.258 e. The number of H-pyrrole nitrogens is 1. The number of ketones is 1. The average Bonchev–Trinajstić information content (AvgIpc) is 2.80. The molecule has 3 N–H and O–H groups in total. The fraction of sp³-hybridized carbons (Fsp3) is 0.250. The number of hydrogen-bond donors (Lipinski definition) is 3. The van der Waals surface area contributed by atoms with E-state index in [2.05, 4.69) is 27.4 Å². The monoisotopic (exact) mass is 433 g/mol. The lowest BCUT2D eigenvalue weighted by molar-refractivity contribution is 0.0857. The number of piperidine rings is 1. The Morgan fingerprint density at radius 2 is 1.91 bits per heavy atom. The van der Waals surface area contributed by atoms with Crippen LogP contribution in [0.3, 0.4) is 0 Å². The van der Waals surface area contributed by atoms with E-state index in [-0.39, 0.29) is 23.0 Å². The number of aromatic amines is 1. The van der Waals surface area contributed by atoms with Crippen LogP contribution in [0.5, 0.6) is 0 Å². The maximum absolute atomic E-state index is 13.5. The Morgan fingerprint density at radius 1 is 1.19 bits per heavy atom. The van der Waals surface area contributed by atoms with Gasteiger partial charge in [0.1, 0.15) is 11.5 Å². The number of nitrogens with zero attached hydrogens (tertiary/aromatic N) is 2. The predicted molar refractivity (Wildman–Crippen MR) is 122 cm³/mol. The molecule has 0 unspecified atom stereocenters. The summed E-state index contributed by atoms with van der Waals surface area (Å²) in [6, 6.07) is 12.7. The lowest BCUT2D eigenvalue weighted by Crippen LogP contribution is -2.33. The van der Waals surface area contributed by atoms with Crippen molar-refractivity contribution >= 4 is 28.1 Å². The van der Waals surface area contributed by atoms with Crippen LogP contribution in [0.1, 0.15) is 28.8 Å². The number of rotatable bonds is 6. The smallest absolute Gasteiger partial charge is 0.258 e. The van der Waals surface area contributed by atoms with E-state index in [0.29, 0.717) is 22.2 Å². The molecule has 1 saturated heterocycles. The summed E-state index contributed by atoms with van der Waals surface area (Å²) in [6.45, 7) is 1.86. The summed E-state index contributed by atoms with van der Waals surface area (Å²) in [7, 11) is 2.07. The van der Waals surface area contributed by atoms with Crippen LogP contribution in [0.2, 0.25) is 0 Å². The van der Waals surface area contributed by atoms with Gasteiger partial charge in [0.25, 0.3) is 5.56 Å². The van der Waals surface area contributed by atoms with Gasteiger partial charge in [-0.2, -0.15) is 5.11 Å². The highest BCUT2D eigenvalue weighted by atomic mass is 19.1. The van der Waals surface area contributed by atoms with E-state index < -0.39 is 11.4 Å². The maximum atomic E-state index is 13.5. The highest BCUT2D eigenvalue weighted by Crippen LogP contribution is 2.23. The second-order valence-corrected chi connectivity index (χ2v) is 8.05. The van der Waals surface area contributed by atoms with E-state index in [1.54, 1.807) is 24.3 Å². The molecule has 7 nitrogen and oxygen atoms in total. The molecule has 0 bridgehead atoms. The summed E-state index contributed by atoms with van der Waals surface area (Å²) < 4.78 is 13.5. The van der Waals surface area contributed by atoms with Crippen molar-refractivity contribution in [3.05, 3.63) is 82.0 Å². The zero-order valence-electron chi connectivity index (χ0n) is 17.7. The average molecular weight is 433 g/mol. The van der Waals surface area contributed by atoms with Gasteiger partial charge in [0.05, 0.1) is 5.56 Å². The van der Waals surface area contributed by atoms with Gasteiger partial charge in [0.15, 0.2) is 5.78 Å². The number of carbonyl (C=O) groups is 1. The van der Waals surface area contributed by atoms with Crippen molar-refractivity contribution in [2.75, 3.05) is 25.5 Å². The van der Waals surface area contributed by atoms with Crippen molar-refractivity contribution in [1.29, 1.82) is 5.53 Å². The minimum absolute atomic E-state index is 0.0584. The molecule has 0 spiro atoms. The lowest BCUT2D eigenvalue weighted by atomic mass is 9.89. The first-order valence-corrected chi connectivity index (χ1v) is 10.4. The number of pyridine rings is 1. The molecule has 1 aliphatic rings. The minimum Gasteiger partial charge on any atom is -0.360 e. The first-order valence-electron chi connectivity index (χ1n) is 10.4. The largest absolute Gasteiger partial charge is 0.360 e. The van der Waals surface area contributed by atoms with Gasteiger partial charge in [-0.3, -0.25) is 9.59 Å². The van der Waals surface area contributed by atoms with Crippen molar-refractivity contribution in [3.63, 3.8) is 0 Å². The van der Waals surface area contributed by atoms with E-state index in [9.17, 15) is 14.0 Å². The highest BCUT2D eigenvalue weighted by molar-refractivity contribution is 5.98. The third kappa shape index (κ3) is 4.65. The van der Waals surface area contributed by atoms with Gasteiger partial charge < -0.3 is 15.2 Å².